The number of nitrogens with zero attached hydrogens (tertiary/aromatic N) is 1. The summed E-state index contributed by atoms with van der Waals surface area (Å²) in [6.45, 7) is 1.84. The fraction of sp³-hybridized carbons (Fsp3) is 0.636. The van der Waals surface area contributed by atoms with E-state index in [9.17, 15) is 0 Å². The Kier molecular flexibility index (Phi) is 4.59. The Labute approximate surface area is 102 Å². The third-order valence-corrected chi connectivity index (χ3v) is 4.21. The van der Waals surface area contributed by atoms with Gasteiger partial charge in [0.1, 0.15) is 0 Å². The fourth-order valence-electron chi connectivity index (χ4n) is 2.15. The highest BCUT2D eigenvalue weighted by atomic mass is 35.5. The Balaban J connectivity index is 0.00000112. The summed E-state index contributed by atoms with van der Waals surface area (Å²) in [5.41, 5.74) is 7.58. The van der Waals surface area contributed by atoms with Crippen molar-refractivity contribution in [2.24, 2.45) is 5.73 Å². The van der Waals surface area contributed by atoms with E-state index in [0.29, 0.717) is 5.54 Å². The van der Waals surface area contributed by atoms with Gasteiger partial charge in [-0.05, 0) is 48.7 Å². The number of hydrogen-bond acceptors (Lipinski definition) is 3. The molecule has 86 valence electrons. The zero-order valence-electron chi connectivity index (χ0n) is 9.11. The minimum atomic E-state index is 0. The lowest BCUT2D eigenvalue weighted by atomic mass is 9.75. The smallest absolute Gasteiger partial charge is 0.0332 e. The van der Waals surface area contributed by atoms with Crippen molar-refractivity contribution in [3.05, 3.63) is 22.4 Å². The van der Waals surface area contributed by atoms with Crippen molar-refractivity contribution in [1.29, 1.82) is 0 Å². The quantitative estimate of drug-likeness (QED) is 0.885. The normalized spacial score (nSPS) is 18.3. The Morgan fingerprint density at radius 1 is 1.53 bits per heavy atom. The van der Waals surface area contributed by atoms with Gasteiger partial charge < -0.3 is 5.73 Å². The number of halogens is 1. The molecule has 2 N–H and O–H groups in total. The highest BCUT2D eigenvalue weighted by Crippen LogP contribution is 2.36. The molecular weight excluding hydrogens is 228 g/mol. The molecular formula is C11H19ClN2S. The van der Waals surface area contributed by atoms with Crippen molar-refractivity contribution in [3.63, 3.8) is 0 Å². The molecule has 0 amide bonds. The minimum Gasteiger partial charge on any atom is -0.329 e. The first-order chi connectivity index (χ1) is 6.77. The second-order valence-corrected chi connectivity index (χ2v) is 5.05. The first-order valence-corrected chi connectivity index (χ1v) is 6.13. The van der Waals surface area contributed by atoms with Gasteiger partial charge in [0.25, 0.3) is 0 Å². The molecule has 2 rings (SSSR count). The van der Waals surface area contributed by atoms with Crippen LogP contribution in [0.1, 0.15) is 24.8 Å². The molecule has 1 aliphatic rings. The molecule has 1 heterocycles. The predicted octanol–water partition coefficient (Wildman–Crippen LogP) is 2.48. The minimum absolute atomic E-state index is 0. The molecule has 0 aliphatic heterocycles. The molecule has 1 fully saturated rings. The molecule has 0 atom stereocenters. The van der Waals surface area contributed by atoms with Crippen LogP contribution in [0, 0.1) is 0 Å². The van der Waals surface area contributed by atoms with Gasteiger partial charge in [-0.25, -0.2) is 0 Å². The lowest BCUT2D eigenvalue weighted by Gasteiger charge is -2.48. The SMILES string of the molecule is CN(Cc1ccsc1)C1(CN)CCC1.Cl. The van der Waals surface area contributed by atoms with Crippen LogP contribution in [0.15, 0.2) is 16.8 Å². The van der Waals surface area contributed by atoms with Crippen molar-refractivity contribution in [1.82, 2.24) is 4.90 Å². The average molecular weight is 247 g/mol. The van der Waals surface area contributed by atoms with Gasteiger partial charge in [-0.2, -0.15) is 11.3 Å². The fourth-order valence-corrected chi connectivity index (χ4v) is 2.81. The summed E-state index contributed by atoms with van der Waals surface area (Å²) in [6, 6.07) is 2.20. The molecule has 0 radical (unpaired) electrons. The van der Waals surface area contributed by atoms with E-state index in [1.165, 1.54) is 24.8 Å². The predicted molar refractivity (Wildman–Crippen MR) is 68.7 cm³/mol. The molecule has 0 unspecified atom stereocenters. The zero-order chi connectivity index (χ0) is 10.0. The number of nitrogens with two attached hydrogens (primary N) is 1. The van der Waals surface area contributed by atoms with Crippen LogP contribution in [0.4, 0.5) is 0 Å². The molecule has 1 aromatic heterocycles. The van der Waals surface area contributed by atoms with Gasteiger partial charge in [0, 0.05) is 18.6 Å². The van der Waals surface area contributed by atoms with Crippen LogP contribution in [0.5, 0.6) is 0 Å². The summed E-state index contributed by atoms with van der Waals surface area (Å²) < 4.78 is 0. The third kappa shape index (κ3) is 2.53. The Morgan fingerprint density at radius 2 is 2.27 bits per heavy atom. The van der Waals surface area contributed by atoms with Crippen LogP contribution < -0.4 is 5.73 Å². The van der Waals surface area contributed by atoms with Crippen molar-refractivity contribution in [2.75, 3.05) is 13.6 Å². The first-order valence-electron chi connectivity index (χ1n) is 5.19. The van der Waals surface area contributed by atoms with Crippen molar-refractivity contribution < 1.29 is 0 Å². The summed E-state index contributed by atoms with van der Waals surface area (Å²) in [5, 5.41) is 4.36. The molecule has 2 nitrogen and oxygen atoms in total. The second kappa shape index (κ2) is 5.30. The number of thiophene rings is 1. The summed E-state index contributed by atoms with van der Waals surface area (Å²) in [4.78, 5) is 2.43. The van der Waals surface area contributed by atoms with E-state index in [0.717, 1.165) is 13.1 Å². The molecule has 0 saturated heterocycles. The van der Waals surface area contributed by atoms with E-state index in [2.05, 4.69) is 28.8 Å². The van der Waals surface area contributed by atoms with Gasteiger partial charge in [0.15, 0.2) is 0 Å². The molecule has 0 bridgehead atoms. The van der Waals surface area contributed by atoms with E-state index in [1.807, 2.05) is 0 Å². The lowest BCUT2D eigenvalue weighted by molar-refractivity contribution is 0.0399. The summed E-state index contributed by atoms with van der Waals surface area (Å²) >= 11 is 1.77. The highest BCUT2D eigenvalue weighted by molar-refractivity contribution is 7.07. The van der Waals surface area contributed by atoms with Gasteiger partial charge in [-0.15, -0.1) is 12.4 Å². The van der Waals surface area contributed by atoms with E-state index in [4.69, 9.17) is 5.73 Å². The standard InChI is InChI=1S/C11H18N2S.ClH/c1-13(7-10-3-6-14-8-10)11(9-12)4-2-5-11;/h3,6,8H,2,4-5,7,9,12H2,1H3;1H. The number of hydrogen-bond donors (Lipinski definition) is 1. The van der Waals surface area contributed by atoms with E-state index in [-0.39, 0.29) is 12.4 Å². The van der Waals surface area contributed by atoms with Crippen LogP contribution in [0.3, 0.4) is 0 Å². The van der Waals surface area contributed by atoms with Crippen LogP contribution in [-0.4, -0.2) is 24.0 Å². The third-order valence-electron chi connectivity index (χ3n) is 3.47. The molecule has 15 heavy (non-hydrogen) atoms. The second-order valence-electron chi connectivity index (χ2n) is 4.27. The maximum atomic E-state index is 5.86. The Bertz CT molecular complexity index is 277. The van der Waals surface area contributed by atoms with Crippen LogP contribution in [0.2, 0.25) is 0 Å². The van der Waals surface area contributed by atoms with Crippen LogP contribution in [-0.2, 0) is 6.54 Å². The number of rotatable bonds is 4. The zero-order valence-corrected chi connectivity index (χ0v) is 10.7. The summed E-state index contributed by atoms with van der Waals surface area (Å²) in [6.07, 6.45) is 3.87. The highest BCUT2D eigenvalue weighted by Gasteiger charge is 2.39. The van der Waals surface area contributed by atoms with Crippen molar-refractivity contribution in [2.45, 2.75) is 31.3 Å². The molecule has 1 saturated carbocycles. The van der Waals surface area contributed by atoms with Gasteiger partial charge >= 0.3 is 0 Å². The Morgan fingerprint density at radius 3 is 2.67 bits per heavy atom. The molecule has 0 spiro atoms. The number of likely N-dealkylation sites (N-methyl/N-ethyl adjacent to an activating group) is 1. The van der Waals surface area contributed by atoms with Crippen LogP contribution >= 0.6 is 23.7 Å². The summed E-state index contributed by atoms with van der Waals surface area (Å²) in [7, 11) is 2.20. The van der Waals surface area contributed by atoms with Gasteiger partial charge in [0.2, 0.25) is 0 Å². The molecule has 0 aromatic carbocycles. The Hall–Kier alpha value is -0.0900. The molecule has 1 aliphatic carbocycles. The summed E-state index contributed by atoms with van der Waals surface area (Å²) in [5.74, 6) is 0. The van der Waals surface area contributed by atoms with Gasteiger partial charge in [-0.3, -0.25) is 4.90 Å². The topological polar surface area (TPSA) is 29.3 Å². The van der Waals surface area contributed by atoms with Gasteiger partial charge in [0.05, 0.1) is 0 Å². The largest absolute Gasteiger partial charge is 0.329 e. The van der Waals surface area contributed by atoms with Crippen molar-refractivity contribution >= 4 is 23.7 Å². The molecule has 1 aromatic rings. The maximum absolute atomic E-state index is 5.86. The van der Waals surface area contributed by atoms with E-state index in [1.54, 1.807) is 11.3 Å². The van der Waals surface area contributed by atoms with E-state index >= 15 is 0 Å². The maximum Gasteiger partial charge on any atom is 0.0332 e. The van der Waals surface area contributed by atoms with Crippen molar-refractivity contribution in [3.8, 4) is 0 Å². The molecule has 4 heteroatoms. The average Bonchev–Trinajstić information content (AvgIpc) is 2.55. The van der Waals surface area contributed by atoms with E-state index < -0.39 is 0 Å². The first kappa shape index (κ1) is 13.0. The monoisotopic (exact) mass is 246 g/mol. The van der Waals surface area contributed by atoms with Crippen LogP contribution in [0.25, 0.3) is 0 Å². The lowest BCUT2D eigenvalue weighted by Crippen LogP contribution is -2.56. The van der Waals surface area contributed by atoms with Gasteiger partial charge in [-0.1, -0.05) is 0 Å².